The van der Waals surface area contributed by atoms with E-state index in [1.165, 1.54) is 0 Å². The van der Waals surface area contributed by atoms with E-state index < -0.39 is 0 Å². The highest BCUT2D eigenvalue weighted by atomic mass is 32.2. The van der Waals surface area contributed by atoms with E-state index in [4.69, 9.17) is 9.26 Å². The first-order valence-corrected chi connectivity index (χ1v) is 9.83. The maximum Gasteiger partial charge on any atom is 0.232 e. The quantitative estimate of drug-likeness (QED) is 0.623. The van der Waals surface area contributed by atoms with Crippen LogP contribution >= 0.6 is 11.8 Å². The lowest BCUT2D eigenvalue weighted by atomic mass is 10.1. The first-order valence-electron chi connectivity index (χ1n) is 8.60. The summed E-state index contributed by atoms with van der Waals surface area (Å²) in [4.78, 5) is 20.0. The Morgan fingerprint density at radius 2 is 2.07 bits per heavy atom. The summed E-state index contributed by atoms with van der Waals surface area (Å²) in [6.45, 7) is 0.538. The lowest BCUT2D eigenvalue weighted by Crippen LogP contribution is -2.24. The minimum Gasteiger partial charge on any atom is -0.497 e. The molecule has 4 rings (SSSR count). The molecular formula is C20H19N3O3S. The number of aromatic nitrogens is 2. The van der Waals surface area contributed by atoms with E-state index in [-0.39, 0.29) is 11.8 Å². The molecule has 1 fully saturated rings. The molecule has 138 valence electrons. The maximum atomic E-state index is 12.5. The topological polar surface area (TPSA) is 68.5 Å². The Kier molecular flexibility index (Phi) is 4.85. The Morgan fingerprint density at radius 3 is 2.89 bits per heavy atom. The molecule has 2 aromatic carbocycles. The van der Waals surface area contributed by atoms with Crippen LogP contribution in [0.4, 0.5) is 5.69 Å². The minimum atomic E-state index is -0.109. The van der Waals surface area contributed by atoms with Crippen LogP contribution in [0.1, 0.15) is 18.2 Å². The Bertz CT molecular complexity index is 972. The molecule has 0 aliphatic carbocycles. The van der Waals surface area contributed by atoms with Gasteiger partial charge in [-0.05, 0) is 36.6 Å². The van der Waals surface area contributed by atoms with E-state index in [1.807, 2.05) is 54.8 Å². The van der Waals surface area contributed by atoms with Crippen molar-refractivity contribution in [2.24, 2.45) is 0 Å². The molecule has 1 unspecified atom stereocenters. The van der Waals surface area contributed by atoms with E-state index in [2.05, 4.69) is 10.1 Å². The molecular weight excluding hydrogens is 362 g/mol. The fraction of sp³-hybridized carbons (Fsp3) is 0.250. The lowest BCUT2D eigenvalue weighted by Gasteiger charge is -2.16. The van der Waals surface area contributed by atoms with Crippen molar-refractivity contribution >= 4 is 23.4 Å². The molecule has 1 aliphatic rings. The molecule has 1 atom stereocenters. The van der Waals surface area contributed by atoms with Gasteiger partial charge in [-0.25, -0.2) is 0 Å². The summed E-state index contributed by atoms with van der Waals surface area (Å²) in [7, 11) is 1.62. The number of amides is 1. The van der Waals surface area contributed by atoms with Crippen LogP contribution in [-0.4, -0.2) is 36.0 Å². The largest absolute Gasteiger partial charge is 0.497 e. The number of benzene rings is 2. The molecule has 0 N–H and O–H groups in total. The average molecular weight is 381 g/mol. The van der Waals surface area contributed by atoms with Crippen molar-refractivity contribution in [3.63, 3.8) is 0 Å². The SMILES string of the molecule is COc1cccc(-c2noc(C3CC(=O)N(c4cccc(SC)c4)C3)n2)c1. The number of hydrogen-bond acceptors (Lipinski definition) is 6. The van der Waals surface area contributed by atoms with Crippen LogP contribution in [0.3, 0.4) is 0 Å². The third kappa shape index (κ3) is 3.55. The smallest absolute Gasteiger partial charge is 0.232 e. The Morgan fingerprint density at radius 1 is 1.22 bits per heavy atom. The van der Waals surface area contributed by atoms with Gasteiger partial charge < -0.3 is 14.2 Å². The Hall–Kier alpha value is -2.80. The molecule has 0 saturated carbocycles. The molecule has 1 aromatic heterocycles. The zero-order valence-electron chi connectivity index (χ0n) is 15.1. The van der Waals surface area contributed by atoms with Crippen LogP contribution in [0.25, 0.3) is 11.4 Å². The number of nitrogens with zero attached hydrogens (tertiary/aromatic N) is 3. The molecule has 1 amide bonds. The van der Waals surface area contributed by atoms with Crippen molar-refractivity contribution in [2.45, 2.75) is 17.2 Å². The van der Waals surface area contributed by atoms with Crippen molar-refractivity contribution in [2.75, 3.05) is 24.8 Å². The number of ether oxygens (including phenoxy) is 1. The van der Waals surface area contributed by atoms with Crippen molar-refractivity contribution in [1.82, 2.24) is 10.1 Å². The second-order valence-electron chi connectivity index (χ2n) is 6.30. The van der Waals surface area contributed by atoms with Crippen LogP contribution in [0, 0.1) is 0 Å². The summed E-state index contributed by atoms with van der Waals surface area (Å²) in [6, 6.07) is 15.5. The summed E-state index contributed by atoms with van der Waals surface area (Å²) < 4.78 is 10.7. The Labute approximate surface area is 161 Å². The predicted octanol–water partition coefficient (Wildman–Crippen LogP) is 3.99. The molecule has 1 aliphatic heterocycles. The summed E-state index contributed by atoms with van der Waals surface area (Å²) in [6.07, 6.45) is 2.38. The van der Waals surface area contributed by atoms with E-state index in [0.29, 0.717) is 24.7 Å². The maximum absolute atomic E-state index is 12.5. The minimum absolute atomic E-state index is 0.0689. The molecule has 0 radical (unpaired) electrons. The van der Waals surface area contributed by atoms with Crippen molar-refractivity contribution in [3.8, 4) is 17.1 Å². The zero-order valence-corrected chi connectivity index (χ0v) is 15.9. The number of hydrogen-bond donors (Lipinski definition) is 0. The van der Waals surface area contributed by atoms with Gasteiger partial charge in [0.2, 0.25) is 17.6 Å². The second-order valence-corrected chi connectivity index (χ2v) is 7.17. The molecule has 1 saturated heterocycles. The average Bonchev–Trinajstić information content (AvgIpc) is 3.35. The van der Waals surface area contributed by atoms with Gasteiger partial charge in [0.05, 0.1) is 13.0 Å². The number of thioether (sulfide) groups is 1. The molecule has 3 aromatic rings. The van der Waals surface area contributed by atoms with E-state index >= 15 is 0 Å². The highest BCUT2D eigenvalue weighted by Crippen LogP contribution is 2.33. The van der Waals surface area contributed by atoms with Gasteiger partial charge in [0.1, 0.15) is 5.75 Å². The highest BCUT2D eigenvalue weighted by Gasteiger charge is 2.35. The summed E-state index contributed by atoms with van der Waals surface area (Å²) in [5.41, 5.74) is 1.72. The van der Waals surface area contributed by atoms with Gasteiger partial charge in [-0.3, -0.25) is 4.79 Å². The first-order chi connectivity index (χ1) is 13.2. The standard InChI is InChI=1S/C20H19N3O3S/c1-25-16-7-3-5-13(9-16)19-21-20(26-22-19)14-10-18(24)23(12-14)15-6-4-8-17(11-15)27-2/h3-9,11,14H,10,12H2,1-2H3. The van der Waals surface area contributed by atoms with Crippen molar-refractivity contribution < 1.29 is 14.1 Å². The predicted molar refractivity (Wildman–Crippen MR) is 104 cm³/mol. The van der Waals surface area contributed by atoms with Crippen LogP contribution in [0.5, 0.6) is 5.75 Å². The highest BCUT2D eigenvalue weighted by molar-refractivity contribution is 7.98. The van der Waals surface area contributed by atoms with E-state index in [1.54, 1.807) is 23.8 Å². The molecule has 7 heteroatoms. The van der Waals surface area contributed by atoms with Gasteiger partial charge in [-0.15, -0.1) is 11.8 Å². The number of carbonyl (C=O) groups is 1. The third-order valence-electron chi connectivity index (χ3n) is 4.61. The molecule has 27 heavy (non-hydrogen) atoms. The first kappa shape index (κ1) is 17.6. The molecule has 2 heterocycles. The van der Waals surface area contributed by atoms with Gasteiger partial charge >= 0.3 is 0 Å². The normalized spacial score (nSPS) is 16.7. The third-order valence-corrected chi connectivity index (χ3v) is 5.33. The van der Waals surface area contributed by atoms with Crippen molar-refractivity contribution in [3.05, 3.63) is 54.4 Å². The fourth-order valence-corrected chi connectivity index (χ4v) is 3.63. The number of anilines is 1. The van der Waals surface area contributed by atoms with Gasteiger partial charge in [-0.2, -0.15) is 4.98 Å². The number of carbonyl (C=O) groups excluding carboxylic acids is 1. The van der Waals surface area contributed by atoms with Crippen LogP contribution in [0.2, 0.25) is 0 Å². The van der Waals surface area contributed by atoms with Gasteiger partial charge in [-0.1, -0.05) is 23.4 Å². The number of rotatable bonds is 5. The molecule has 6 nitrogen and oxygen atoms in total. The number of methoxy groups -OCH3 is 1. The van der Waals surface area contributed by atoms with Gasteiger partial charge in [0, 0.05) is 29.1 Å². The monoisotopic (exact) mass is 381 g/mol. The van der Waals surface area contributed by atoms with Crippen molar-refractivity contribution in [1.29, 1.82) is 0 Å². The van der Waals surface area contributed by atoms with Crippen LogP contribution < -0.4 is 9.64 Å². The van der Waals surface area contributed by atoms with E-state index in [9.17, 15) is 4.79 Å². The summed E-state index contributed by atoms with van der Waals surface area (Å²) >= 11 is 1.66. The molecule has 0 bridgehead atoms. The Balaban J connectivity index is 1.55. The second kappa shape index (κ2) is 7.44. The van der Waals surface area contributed by atoms with E-state index in [0.717, 1.165) is 21.9 Å². The van der Waals surface area contributed by atoms with Crippen LogP contribution in [0.15, 0.2) is 57.9 Å². The van der Waals surface area contributed by atoms with Gasteiger partial charge in [0.25, 0.3) is 0 Å². The zero-order chi connectivity index (χ0) is 18.8. The fourth-order valence-electron chi connectivity index (χ4n) is 3.18. The van der Waals surface area contributed by atoms with Gasteiger partial charge in [0.15, 0.2) is 0 Å². The lowest BCUT2D eigenvalue weighted by molar-refractivity contribution is -0.117. The summed E-state index contributed by atoms with van der Waals surface area (Å²) in [5.74, 6) is 1.68. The van der Waals surface area contributed by atoms with Crippen LogP contribution in [-0.2, 0) is 4.79 Å². The summed E-state index contributed by atoms with van der Waals surface area (Å²) in [5, 5.41) is 4.08. The molecule has 0 spiro atoms.